The normalized spacial score (nSPS) is 10.6. The van der Waals surface area contributed by atoms with Gasteiger partial charge in [0, 0.05) is 11.3 Å². The molecule has 0 bridgehead atoms. The number of benzene rings is 3. The fourth-order valence-electron chi connectivity index (χ4n) is 2.64. The van der Waals surface area contributed by atoms with Crippen molar-refractivity contribution in [2.24, 2.45) is 10.2 Å². The Bertz CT molecular complexity index is 977. The van der Waals surface area contributed by atoms with E-state index in [0.717, 1.165) is 5.69 Å². The number of methoxy groups -OCH3 is 3. The van der Waals surface area contributed by atoms with Crippen molar-refractivity contribution in [1.29, 1.82) is 0 Å². The summed E-state index contributed by atoms with van der Waals surface area (Å²) in [6, 6.07) is 19.7. The molecule has 7 heteroatoms. The molecule has 3 rings (SSSR count). The first-order valence-corrected chi connectivity index (χ1v) is 8.83. The van der Waals surface area contributed by atoms with E-state index in [1.807, 2.05) is 30.3 Å². The lowest BCUT2D eigenvalue weighted by atomic mass is 10.1. The summed E-state index contributed by atoms with van der Waals surface area (Å²) in [6.07, 6.45) is 0. The van der Waals surface area contributed by atoms with Gasteiger partial charge in [0.25, 0.3) is 5.91 Å². The summed E-state index contributed by atoms with van der Waals surface area (Å²) < 4.78 is 15.9. The van der Waals surface area contributed by atoms with Crippen molar-refractivity contribution in [2.45, 2.75) is 0 Å². The van der Waals surface area contributed by atoms with E-state index >= 15 is 0 Å². The van der Waals surface area contributed by atoms with Gasteiger partial charge in [0.15, 0.2) is 11.5 Å². The number of hydrogen-bond donors (Lipinski definition) is 1. The van der Waals surface area contributed by atoms with Gasteiger partial charge < -0.3 is 19.5 Å². The van der Waals surface area contributed by atoms with Gasteiger partial charge in [-0.15, -0.1) is 0 Å². The van der Waals surface area contributed by atoms with Crippen molar-refractivity contribution in [3.8, 4) is 17.2 Å². The third-order valence-electron chi connectivity index (χ3n) is 4.09. The molecule has 0 atom stereocenters. The maximum Gasteiger partial charge on any atom is 0.255 e. The van der Waals surface area contributed by atoms with Crippen LogP contribution in [0.3, 0.4) is 0 Å². The Morgan fingerprint density at radius 2 is 1.31 bits per heavy atom. The summed E-state index contributed by atoms with van der Waals surface area (Å²) in [4.78, 5) is 12.6. The van der Waals surface area contributed by atoms with Gasteiger partial charge in [-0.2, -0.15) is 10.2 Å². The molecule has 3 aromatic rings. The van der Waals surface area contributed by atoms with Crippen LogP contribution in [0.1, 0.15) is 10.4 Å². The van der Waals surface area contributed by atoms with E-state index in [2.05, 4.69) is 15.5 Å². The number of carbonyl (C=O) groups excluding carboxylic acids is 1. The van der Waals surface area contributed by atoms with Crippen LogP contribution in [0, 0.1) is 0 Å². The quantitative estimate of drug-likeness (QED) is 0.548. The first-order chi connectivity index (χ1) is 14.1. The summed E-state index contributed by atoms with van der Waals surface area (Å²) in [5.74, 6) is 0.949. The number of rotatable bonds is 7. The highest BCUT2D eigenvalue weighted by Crippen LogP contribution is 2.38. The molecule has 0 aliphatic rings. The van der Waals surface area contributed by atoms with Crippen molar-refractivity contribution in [1.82, 2.24) is 0 Å². The molecular formula is C22H21N3O4. The Morgan fingerprint density at radius 3 is 1.83 bits per heavy atom. The summed E-state index contributed by atoms with van der Waals surface area (Å²) in [5, 5.41) is 11.2. The molecule has 0 aromatic heterocycles. The molecule has 1 N–H and O–H groups in total. The molecule has 0 aliphatic carbocycles. The van der Waals surface area contributed by atoms with Crippen LogP contribution >= 0.6 is 0 Å². The summed E-state index contributed by atoms with van der Waals surface area (Å²) in [6.45, 7) is 0. The number of carbonyl (C=O) groups is 1. The number of azo groups is 1. The highest BCUT2D eigenvalue weighted by Gasteiger charge is 2.17. The minimum atomic E-state index is -0.303. The minimum Gasteiger partial charge on any atom is -0.493 e. The van der Waals surface area contributed by atoms with Crippen LogP contribution in [0.4, 0.5) is 17.1 Å². The number of hydrogen-bond acceptors (Lipinski definition) is 6. The van der Waals surface area contributed by atoms with E-state index in [0.29, 0.717) is 34.2 Å². The predicted octanol–water partition coefficient (Wildman–Crippen LogP) is 5.38. The maximum atomic E-state index is 12.6. The zero-order valence-electron chi connectivity index (χ0n) is 16.4. The van der Waals surface area contributed by atoms with Crippen LogP contribution in [-0.2, 0) is 0 Å². The molecule has 0 radical (unpaired) electrons. The van der Waals surface area contributed by atoms with Gasteiger partial charge in [-0.05, 0) is 48.5 Å². The van der Waals surface area contributed by atoms with Gasteiger partial charge in [0.2, 0.25) is 5.75 Å². The van der Waals surface area contributed by atoms with Crippen molar-refractivity contribution in [2.75, 3.05) is 26.6 Å². The highest BCUT2D eigenvalue weighted by atomic mass is 16.5. The van der Waals surface area contributed by atoms with Crippen LogP contribution in [0.5, 0.6) is 17.2 Å². The lowest BCUT2D eigenvalue weighted by Gasteiger charge is -2.14. The summed E-state index contributed by atoms with van der Waals surface area (Å²) >= 11 is 0. The van der Waals surface area contributed by atoms with Gasteiger partial charge in [0.1, 0.15) is 0 Å². The van der Waals surface area contributed by atoms with Gasteiger partial charge in [-0.3, -0.25) is 4.79 Å². The van der Waals surface area contributed by atoms with E-state index in [1.165, 1.54) is 21.3 Å². The molecule has 7 nitrogen and oxygen atoms in total. The smallest absolute Gasteiger partial charge is 0.255 e. The average molecular weight is 391 g/mol. The molecule has 1 amide bonds. The lowest BCUT2D eigenvalue weighted by molar-refractivity contribution is 0.102. The van der Waals surface area contributed by atoms with Gasteiger partial charge in [-0.1, -0.05) is 18.2 Å². The third-order valence-corrected chi connectivity index (χ3v) is 4.09. The standard InChI is InChI=1S/C22H21N3O4/c1-27-19-13-15(14-20(28-2)21(19)29-3)22(26)23-16-9-11-18(12-10-16)25-24-17-7-5-4-6-8-17/h4-14H,1-3H3,(H,23,26). The Balaban J connectivity index is 1.73. The lowest BCUT2D eigenvalue weighted by Crippen LogP contribution is -2.12. The van der Waals surface area contributed by atoms with Crippen LogP contribution < -0.4 is 19.5 Å². The van der Waals surface area contributed by atoms with E-state index in [9.17, 15) is 4.79 Å². The molecule has 0 saturated carbocycles. The predicted molar refractivity (Wildman–Crippen MR) is 111 cm³/mol. The molecule has 0 aliphatic heterocycles. The molecule has 0 saturated heterocycles. The molecule has 148 valence electrons. The summed E-state index contributed by atoms with van der Waals surface area (Å²) in [7, 11) is 4.51. The van der Waals surface area contributed by atoms with Crippen molar-refractivity contribution >= 4 is 23.0 Å². The van der Waals surface area contributed by atoms with Crippen molar-refractivity contribution in [3.05, 3.63) is 72.3 Å². The fourth-order valence-corrected chi connectivity index (χ4v) is 2.64. The summed E-state index contributed by atoms with van der Waals surface area (Å²) in [5.41, 5.74) is 2.46. The number of anilines is 1. The zero-order valence-corrected chi connectivity index (χ0v) is 16.4. The first kappa shape index (κ1) is 19.9. The minimum absolute atomic E-state index is 0.303. The number of amides is 1. The Labute approximate surface area is 169 Å². The molecule has 0 heterocycles. The highest BCUT2D eigenvalue weighted by molar-refractivity contribution is 6.05. The molecule has 29 heavy (non-hydrogen) atoms. The van der Waals surface area contributed by atoms with Crippen LogP contribution in [-0.4, -0.2) is 27.2 Å². The van der Waals surface area contributed by atoms with E-state index in [-0.39, 0.29) is 5.91 Å². The average Bonchev–Trinajstić information content (AvgIpc) is 2.78. The number of nitrogens with zero attached hydrogens (tertiary/aromatic N) is 2. The molecular weight excluding hydrogens is 370 g/mol. The number of nitrogens with one attached hydrogen (secondary N) is 1. The second-order valence-corrected chi connectivity index (χ2v) is 5.95. The van der Waals surface area contributed by atoms with Gasteiger partial charge in [0.05, 0.1) is 32.7 Å². The van der Waals surface area contributed by atoms with Crippen LogP contribution in [0.2, 0.25) is 0 Å². The van der Waals surface area contributed by atoms with Gasteiger partial charge in [-0.25, -0.2) is 0 Å². The van der Waals surface area contributed by atoms with Crippen LogP contribution in [0.15, 0.2) is 77.0 Å². The molecule has 3 aromatic carbocycles. The SMILES string of the molecule is COc1cc(C(=O)Nc2ccc(N=Nc3ccccc3)cc2)cc(OC)c1OC. The molecule has 0 fully saturated rings. The van der Waals surface area contributed by atoms with E-state index in [4.69, 9.17) is 14.2 Å². The Hall–Kier alpha value is -3.87. The fraction of sp³-hybridized carbons (Fsp3) is 0.136. The zero-order chi connectivity index (χ0) is 20.6. The van der Waals surface area contributed by atoms with E-state index in [1.54, 1.807) is 36.4 Å². The maximum absolute atomic E-state index is 12.6. The molecule has 0 unspecified atom stereocenters. The monoisotopic (exact) mass is 391 g/mol. The Morgan fingerprint density at radius 1 is 0.759 bits per heavy atom. The third kappa shape index (κ3) is 4.90. The Kier molecular flexibility index (Phi) is 6.42. The van der Waals surface area contributed by atoms with Crippen LogP contribution in [0.25, 0.3) is 0 Å². The van der Waals surface area contributed by atoms with E-state index < -0.39 is 0 Å². The largest absolute Gasteiger partial charge is 0.493 e. The first-order valence-electron chi connectivity index (χ1n) is 8.83. The second-order valence-electron chi connectivity index (χ2n) is 5.95. The number of ether oxygens (including phenoxy) is 3. The second kappa shape index (κ2) is 9.36. The van der Waals surface area contributed by atoms with Crippen molar-refractivity contribution in [3.63, 3.8) is 0 Å². The molecule has 0 spiro atoms. The van der Waals surface area contributed by atoms with Gasteiger partial charge >= 0.3 is 0 Å². The van der Waals surface area contributed by atoms with Crippen molar-refractivity contribution < 1.29 is 19.0 Å². The topological polar surface area (TPSA) is 81.5 Å².